The first-order chi connectivity index (χ1) is 5.16. The Hall–Kier alpha value is -0.830. The van der Waals surface area contributed by atoms with E-state index >= 15 is 0 Å². The summed E-state index contributed by atoms with van der Waals surface area (Å²) in [5, 5.41) is 0. The second-order valence-electron chi connectivity index (χ2n) is 2.29. The van der Waals surface area contributed by atoms with Gasteiger partial charge in [-0.05, 0) is 24.6 Å². The van der Waals surface area contributed by atoms with Gasteiger partial charge in [0.05, 0.1) is 0 Å². The molecule has 3 heteroatoms. The van der Waals surface area contributed by atoms with Crippen LogP contribution in [0.4, 0.5) is 5.69 Å². The Morgan fingerprint density at radius 2 is 2.18 bits per heavy atom. The number of hydrogen-bond donors (Lipinski definition) is 1. The standard InChI is InChI=1S/C8H8BrNO/c1-5-6(4-11)8(10)3-2-7(5)9/h2-4H,10H2,1H3. The van der Waals surface area contributed by atoms with E-state index in [-0.39, 0.29) is 0 Å². The molecule has 0 unspecified atom stereocenters. The third-order valence-corrected chi connectivity index (χ3v) is 2.46. The van der Waals surface area contributed by atoms with Crippen LogP contribution in [0.15, 0.2) is 16.6 Å². The molecule has 0 aromatic heterocycles. The first-order valence-electron chi connectivity index (χ1n) is 3.16. The summed E-state index contributed by atoms with van der Waals surface area (Å²) in [4.78, 5) is 10.5. The molecule has 0 fully saturated rings. The third-order valence-electron chi connectivity index (χ3n) is 1.60. The Labute approximate surface area is 73.5 Å². The van der Waals surface area contributed by atoms with Crippen LogP contribution in [0, 0.1) is 6.92 Å². The molecule has 58 valence electrons. The Bertz CT molecular complexity index is 296. The zero-order valence-corrected chi connectivity index (χ0v) is 7.68. The van der Waals surface area contributed by atoms with Crippen LogP contribution in [-0.2, 0) is 0 Å². The van der Waals surface area contributed by atoms with Gasteiger partial charge in [-0.3, -0.25) is 4.79 Å². The Balaban J connectivity index is 3.40. The van der Waals surface area contributed by atoms with E-state index in [4.69, 9.17) is 5.73 Å². The van der Waals surface area contributed by atoms with Crippen molar-refractivity contribution in [1.82, 2.24) is 0 Å². The molecule has 0 saturated carbocycles. The van der Waals surface area contributed by atoms with Crippen molar-refractivity contribution in [3.05, 3.63) is 27.7 Å². The highest BCUT2D eigenvalue weighted by atomic mass is 79.9. The van der Waals surface area contributed by atoms with Gasteiger partial charge in [-0.2, -0.15) is 0 Å². The number of anilines is 1. The maximum atomic E-state index is 10.5. The summed E-state index contributed by atoms with van der Waals surface area (Å²) in [5.41, 5.74) is 7.53. The van der Waals surface area contributed by atoms with E-state index in [2.05, 4.69) is 15.9 Å². The fourth-order valence-corrected chi connectivity index (χ4v) is 1.23. The average Bonchev–Trinajstić information content (AvgIpc) is 1.99. The van der Waals surface area contributed by atoms with Crippen LogP contribution in [0.1, 0.15) is 15.9 Å². The smallest absolute Gasteiger partial charge is 0.152 e. The maximum Gasteiger partial charge on any atom is 0.152 e. The van der Waals surface area contributed by atoms with E-state index in [1.807, 2.05) is 13.0 Å². The van der Waals surface area contributed by atoms with Crippen LogP contribution in [0.2, 0.25) is 0 Å². The summed E-state index contributed by atoms with van der Waals surface area (Å²) in [7, 11) is 0. The highest BCUT2D eigenvalue weighted by Crippen LogP contribution is 2.22. The SMILES string of the molecule is Cc1c(Br)ccc(N)c1C=O. The summed E-state index contributed by atoms with van der Waals surface area (Å²) in [6, 6.07) is 3.54. The van der Waals surface area contributed by atoms with Crippen molar-refractivity contribution in [1.29, 1.82) is 0 Å². The minimum absolute atomic E-state index is 0.528. The Kier molecular flexibility index (Phi) is 2.29. The van der Waals surface area contributed by atoms with Gasteiger partial charge in [0.25, 0.3) is 0 Å². The lowest BCUT2D eigenvalue weighted by atomic mass is 10.1. The lowest BCUT2D eigenvalue weighted by molar-refractivity contribution is 0.112. The number of benzene rings is 1. The van der Waals surface area contributed by atoms with Crippen molar-refractivity contribution in [2.24, 2.45) is 0 Å². The average molecular weight is 214 g/mol. The number of aldehydes is 1. The number of carbonyl (C=O) groups is 1. The highest BCUT2D eigenvalue weighted by molar-refractivity contribution is 9.10. The second kappa shape index (κ2) is 3.05. The Morgan fingerprint density at radius 3 is 2.64 bits per heavy atom. The number of hydrogen-bond acceptors (Lipinski definition) is 2. The normalized spacial score (nSPS) is 9.64. The third kappa shape index (κ3) is 1.43. The van der Waals surface area contributed by atoms with Crippen molar-refractivity contribution in [3.63, 3.8) is 0 Å². The number of nitrogen functional groups attached to an aromatic ring is 1. The molecule has 0 saturated heterocycles. The first-order valence-corrected chi connectivity index (χ1v) is 3.96. The zero-order chi connectivity index (χ0) is 8.43. The van der Waals surface area contributed by atoms with Crippen LogP contribution in [0.3, 0.4) is 0 Å². The van der Waals surface area contributed by atoms with Gasteiger partial charge in [-0.15, -0.1) is 0 Å². The molecule has 0 aliphatic carbocycles. The van der Waals surface area contributed by atoms with Crippen molar-refractivity contribution in [2.75, 3.05) is 5.73 Å². The quantitative estimate of drug-likeness (QED) is 0.574. The lowest BCUT2D eigenvalue weighted by Gasteiger charge is -2.03. The van der Waals surface area contributed by atoms with Gasteiger partial charge in [-0.1, -0.05) is 15.9 Å². The maximum absolute atomic E-state index is 10.5. The fraction of sp³-hybridized carbons (Fsp3) is 0.125. The predicted molar refractivity (Wildman–Crippen MR) is 48.7 cm³/mol. The number of rotatable bonds is 1. The fourth-order valence-electron chi connectivity index (χ4n) is 0.879. The molecule has 0 atom stereocenters. The Morgan fingerprint density at radius 1 is 1.55 bits per heavy atom. The molecule has 1 aromatic rings. The molecule has 0 aliphatic heterocycles. The van der Waals surface area contributed by atoms with E-state index in [1.54, 1.807) is 6.07 Å². The van der Waals surface area contributed by atoms with E-state index in [0.29, 0.717) is 11.3 Å². The van der Waals surface area contributed by atoms with Crippen molar-refractivity contribution in [3.8, 4) is 0 Å². The number of nitrogens with two attached hydrogens (primary N) is 1. The number of halogens is 1. The van der Waals surface area contributed by atoms with Gasteiger partial charge in [0.2, 0.25) is 0 Å². The minimum atomic E-state index is 0.528. The van der Waals surface area contributed by atoms with Gasteiger partial charge in [0, 0.05) is 15.7 Å². The monoisotopic (exact) mass is 213 g/mol. The van der Waals surface area contributed by atoms with Crippen LogP contribution in [0.5, 0.6) is 0 Å². The minimum Gasteiger partial charge on any atom is -0.398 e. The van der Waals surface area contributed by atoms with Gasteiger partial charge in [-0.25, -0.2) is 0 Å². The largest absolute Gasteiger partial charge is 0.398 e. The van der Waals surface area contributed by atoms with Crippen LogP contribution in [0.25, 0.3) is 0 Å². The van der Waals surface area contributed by atoms with E-state index in [9.17, 15) is 4.79 Å². The second-order valence-corrected chi connectivity index (χ2v) is 3.15. The molecule has 0 heterocycles. The van der Waals surface area contributed by atoms with E-state index in [1.165, 1.54) is 0 Å². The van der Waals surface area contributed by atoms with Crippen molar-refractivity contribution < 1.29 is 4.79 Å². The molecule has 2 nitrogen and oxygen atoms in total. The summed E-state index contributed by atoms with van der Waals surface area (Å²) < 4.78 is 0.911. The molecule has 1 aromatic carbocycles. The summed E-state index contributed by atoms with van der Waals surface area (Å²) in [6.45, 7) is 1.85. The van der Waals surface area contributed by atoms with Crippen LogP contribution < -0.4 is 5.73 Å². The molecule has 1 rings (SSSR count). The molecular weight excluding hydrogens is 206 g/mol. The molecule has 0 spiro atoms. The topological polar surface area (TPSA) is 43.1 Å². The van der Waals surface area contributed by atoms with Gasteiger partial charge in [0.15, 0.2) is 6.29 Å². The lowest BCUT2D eigenvalue weighted by Crippen LogP contribution is -1.95. The molecule has 0 radical (unpaired) electrons. The van der Waals surface area contributed by atoms with Gasteiger partial charge in [0.1, 0.15) is 0 Å². The predicted octanol–water partition coefficient (Wildman–Crippen LogP) is 2.15. The van der Waals surface area contributed by atoms with Gasteiger partial charge < -0.3 is 5.73 Å². The molecular formula is C8H8BrNO. The molecule has 0 amide bonds. The highest BCUT2D eigenvalue weighted by Gasteiger charge is 2.03. The zero-order valence-electron chi connectivity index (χ0n) is 6.10. The first kappa shape index (κ1) is 8.27. The molecule has 11 heavy (non-hydrogen) atoms. The van der Waals surface area contributed by atoms with Crippen molar-refractivity contribution in [2.45, 2.75) is 6.92 Å². The molecule has 2 N–H and O–H groups in total. The van der Waals surface area contributed by atoms with Gasteiger partial charge >= 0.3 is 0 Å². The summed E-state index contributed by atoms with van der Waals surface area (Å²) >= 11 is 3.31. The molecule has 0 bridgehead atoms. The van der Waals surface area contributed by atoms with E-state index < -0.39 is 0 Å². The van der Waals surface area contributed by atoms with Crippen molar-refractivity contribution >= 4 is 27.9 Å². The van der Waals surface area contributed by atoms with Crippen LogP contribution in [-0.4, -0.2) is 6.29 Å². The van der Waals surface area contributed by atoms with E-state index in [0.717, 1.165) is 16.3 Å². The number of carbonyl (C=O) groups excluding carboxylic acids is 1. The molecule has 0 aliphatic rings. The van der Waals surface area contributed by atoms with Crippen LogP contribution >= 0.6 is 15.9 Å². The summed E-state index contributed by atoms with van der Waals surface area (Å²) in [5.74, 6) is 0. The summed E-state index contributed by atoms with van der Waals surface area (Å²) in [6.07, 6.45) is 0.773.